The zero-order valence-corrected chi connectivity index (χ0v) is 10.5. The Hall–Kier alpha value is -1.74. The molecule has 1 aromatic carbocycles. The molecule has 0 aliphatic rings. The van der Waals surface area contributed by atoms with Crippen LogP contribution < -0.4 is 0 Å². The Kier molecular flexibility index (Phi) is 3.72. The second-order valence-corrected chi connectivity index (χ2v) is 4.40. The molecule has 0 aliphatic heterocycles. The minimum atomic E-state index is -0.461. The molecule has 2 aromatic rings. The molecule has 18 heavy (non-hydrogen) atoms. The molecular weight excluding hydrogens is 253 g/mol. The number of ketones is 1. The quantitative estimate of drug-likeness (QED) is 0.792. The topological polar surface area (TPSA) is 30.0 Å². The number of benzene rings is 1. The van der Waals surface area contributed by atoms with Crippen molar-refractivity contribution in [2.75, 3.05) is 0 Å². The second-order valence-electron chi connectivity index (χ2n) is 3.99. The zero-order valence-electron chi connectivity index (χ0n) is 9.78. The lowest BCUT2D eigenvalue weighted by atomic mass is 10.0. The molecule has 0 spiro atoms. The molecule has 0 saturated heterocycles. The van der Waals surface area contributed by atoms with Crippen LogP contribution in [0.2, 0.25) is 5.02 Å². The summed E-state index contributed by atoms with van der Waals surface area (Å²) in [6.45, 7) is 1.82. The highest BCUT2D eigenvalue weighted by molar-refractivity contribution is 6.31. The van der Waals surface area contributed by atoms with Gasteiger partial charge in [0.1, 0.15) is 5.82 Å². The first-order valence-electron chi connectivity index (χ1n) is 5.46. The standard InChI is InChI=1S/C14H11ClFNO/c1-9-5-6-17-8-11(9)14(18)7-10-12(15)3-2-4-13(10)16/h2-6,8H,7H2,1H3. The van der Waals surface area contributed by atoms with E-state index < -0.39 is 5.82 Å². The van der Waals surface area contributed by atoms with E-state index in [1.807, 2.05) is 6.92 Å². The Morgan fingerprint density at radius 2 is 2.17 bits per heavy atom. The number of aryl methyl sites for hydroxylation is 1. The third kappa shape index (κ3) is 2.57. The van der Waals surface area contributed by atoms with Crippen LogP contribution in [0.5, 0.6) is 0 Å². The van der Waals surface area contributed by atoms with Crippen molar-refractivity contribution in [1.29, 1.82) is 0 Å². The van der Waals surface area contributed by atoms with Gasteiger partial charge in [-0.1, -0.05) is 17.7 Å². The second kappa shape index (κ2) is 5.27. The molecule has 0 unspecified atom stereocenters. The number of carbonyl (C=O) groups is 1. The number of hydrogen-bond donors (Lipinski definition) is 0. The number of Topliss-reactive ketones (excluding diaryl/α,β-unsaturated/α-hetero) is 1. The van der Waals surface area contributed by atoms with Gasteiger partial charge >= 0.3 is 0 Å². The predicted octanol–water partition coefficient (Wildman–Crippen LogP) is 3.61. The van der Waals surface area contributed by atoms with Gasteiger partial charge in [-0.2, -0.15) is 0 Å². The van der Waals surface area contributed by atoms with Crippen LogP contribution in [0.1, 0.15) is 21.5 Å². The minimum Gasteiger partial charge on any atom is -0.294 e. The Bertz CT molecular complexity index is 578. The van der Waals surface area contributed by atoms with Crippen LogP contribution in [0.4, 0.5) is 4.39 Å². The van der Waals surface area contributed by atoms with Gasteiger partial charge in [-0.15, -0.1) is 0 Å². The van der Waals surface area contributed by atoms with Crippen molar-refractivity contribution in [3.8, 4) is 0 Å². The highest BCUT2D eigenvalue weighted by atomic mass is 35.5. The van der Waals surface area contributed by atoms with E-state index in [1.54, 1.807) is 18.3 Å². The van der Waals surface area contributed by atoms with Crippen LogP contribution in [-0.2, 0) is 6.42 Å². The van der Waals surface area contributed by atoms with E-state index in [2.05, 4.69) is 4.98 Å². The molecule has 0 amide bonds. The third-order valence-electron chi connectivity index (χ3n) is 2.74. The molecule has 0 bridgehead atoms. The Balaban J connectivity index is 2.30. The SMILES string of the molecule is Cc1ccncc1C(=O)Cc1c(F)cccc1Cl. The van der Waals surface area contributed by atoms with Crippen molar-refractivity contribution in [1.82, 2.24) is 4.98 Å². The smallest absolute Gasteiger partial charge is 0.169 e. The first-order valence-corrected chi connectivity index (χ1v) is 5.84. The number of pyridine rings is 1. The number of halogens is 2. The summed E-state index contributed by atoms with van der Waals surface area (Å²) in [4.78, 5) is 16.0. The summed E-state index contributed by atoms with van der Waals surface area (Å²) in [6.07, 6.45) is 3.05. The van der Waals surface area contributed by atoms with Gasteiger partial charge in [0.05, 0.1) is 0 Å². The molecule has 4 heteroatoms. The number of hydrogen-bond acceptors (Lipinski definition) is 2. The van der Waals surface area contributed by atoms with Gasteiger partial charge in [-0.3, -0.25) is 9.78 Å². The highest BCUT2D eigenvalue weighted by Gasteiger charge is 2.15. The number of nitrogens with zero attached hydrogens (tertiary/aromatic N) is 1. The van der Waals surface area contributed by atoms with Crippen LogP contribution >= 0.6 is 11.6 Å². The van der Waals surface area contributed by atoms with Gasteiger partial charge in [-0.05, 0) is 30.7 Å². The van der Waals surface area contributed by atoms with Crippen molar-refractivity contribution in [2.24, 2.45) is 0 Å². The number of carbonyl (C=O) groups excluding carboxylic acids is 1. The minimum absolute atomic E-state index is 0.0575. The normalized spacial score (nSPS) is 10.4. The van der Waals surface area contributed by atoms with Crippen LogP contribution in [0.15, 0.2) is 36.7 Å². The maximum Gasteiger partial charge on any atom is 0.169 e. The molecule has 0 N–H and O–H groups in total. The van der Waals surface area contributed by atoms with Gasteiger partial charge in [-0.25, -0.2) is 4.39 Å². The molecule has 1 aromatic heterocycles. The largest absolute Gasteiger partial charge is 0.294 e. The first-order chi connectivity index (χ1) is 8.59. The molecule has 0 fully saturated rings. The fourth-order valence-electron chi connectivity index (χ4n) is 1.71. The summed E-state index contributed by atoms with van der Waals surface area (Å²) in [6, 6.07) is 6.13. The van der Waals surface area contributed by atoms with Crippen molar-refractivity contribution >= 4 is 17.4 Å². The lowest BCUT2D eigenvalue weighted by molar-refractivity contribution is 0.0991. The van der Waals surface area contributed by atoms with E-state index >= 15 is 0 Å². The van der Waals surface area contributed by atoms with E-state index in [0.29, 0.717) is 5.56 Å². The van der Waals surface area contributed by atoms with Crippen molar-refractivity contribution < 1.29 is 9.18 Å². The summed E-state index contributed by atoms with van der Waals surface area (Å²) in [5, 5.41) is 0.268. The van der Waals surface area contributed by atoms with E-state index in [9.17, 15) is 9.18 Å². The van der Waals surface area contributed by atoms with Gasteiger partial charge in [0.15, 0.2) is 5.78 Å². The van der Waals surface area contributed by atoms with Crippen molar-refractivity contribution in [3.63, 3.8) is 0 Å². The molecule has 0 radical (unpaired) electrons. The molecule has 92 valence electrons. The van der Waals surface area contributed by atoms with Crippen LogP contribution in [0, 0.1) is 12.7 Å². The van der Waals surface area contributed by atoms with E-state index in [-0.39, 0.29) is 22.8 Å². The molecule has 0 atom stereocenters. The lowest BCUT2D eigenvalue weighted by Crippen LogP contribution is -2.08. The van der Waals surface area contributed by atoms with Gasteiger partial charge in [0.2, 0.25) is 0 Å². The van der Waals surface area contributed by atoms with Crippen LogP contribution in [0.25, 0.3) is 0 Å². The summed E-state index contributed by atoms with van der Waals surface area (Å²) in [5.74, 6) is -0.648. The molecular formula is C14H11ClFNO. The maximum absolute atomic E-state index is 13.6. The van der Waals surface area contributed by atoms with Crippen LogP contribution in [-0.4, -0.2) is 10.8 Å². The highest BCUT2D eigenvalue weighted by Crippen LogP contribution is 2.21. The van der Waals surface area contributed by atoms with E-state index in [1.165, 1.54) is 18.3 Å². The summed E-state index contributed by atoms with van der Waals surface area (Å²) < 4.78 is 13.6. The number of aromatic nitrogens is 1. The predicted molar refractivity (Wildman–Crippen MR) is 68.4 cm³/mol. The van der Waals surface area contributed by atoms with Crippen molar-refractivity contribution in [2.45, 2.75) is 13.3 Å². The fourth-order valence-corrected chi connectivity index (χ4v) is 1.94. The summed E-state index contributed by atoms with van der Waals surface area (Å²) >= 11 is 5.89. The van der Waals surface area contributed by atoms with Crippen LogP contribution in [0.3, 0.4) is 0 Å². The van der Waals surface area contributed by atoms with E-state index in [4.69, 9.17) is 11.6 Å². The average molecular weight is 264 g/mol. The maximum atomic E-state index is 13.6. The molecule has 2 nitrogen and oxygen atoms in total. The summed E-state index contributed by atoms with van der Waals surface area (Å²) in [7, 11) is 0. The Labute approximate surface area is 109 Å². The van der Waals surface area contributed by atoms with Gasteiger partial charge < -0.3 is 0 Å². The summed E-state index contributed by atoms with van der Waals surface area (Å²) in [5.41, 5.74) is 1.55. The molecule has 0 saturated carbocycles. The lowest BCUT2D eigenvalue weighted by Gasteiger charge is -2.06. The number of rotatable bonds is 3. The molecule has 2 rings (SSSR count). The Morgan fingerprint density at radius 1 is 1.39 bits per heavy atom. The zero-order chi connectivity index (χ0) is 13.1. The first kappa shape index (κ1) is 12.7. The average Bonchev–Trinajstić information content (AvgIpc) is 2.34. The molecule has 0 aliphatic carbocycles. The fraction of sp³-hybridized carbons (Fsp3) is 0.143. The van der Waals surface area contributed by atoms with Gasteiger partial charge in [0, 0.05) is 35.0 Å². The van der Waals surface area contributed by atoms with Gasteiger partial charge in [0.25, 0.3) is 0 Å². The third-order valence-corrected chi connectivity index (χ3v) is 3.09. The molecule has 1 heterocycles. The monoisotopic (exact) mass is 263 g/mol. The van der Waals surface area contributed by atoms with Crippen molar-refractivity contribution in [3.05, 3.63) is 64.2 Å². The Morgan fingerprint density at radius 3 is 2.83 bits per heavy atom. The van der Waals surface area contributed by atoms with E-state index in [0.717, 1.165) is 5.56 Å².